The summed E-state index contributed by atoms with van der Waals surface area (Å²) in [5.41, 5.74) is 0. The van der Waals surface area contributed by atoms with Crippen molar-refractivity contribution in [1.82, 2.24) is 14.8 Å². The summed E-state index contributed by atoms with van der Waals surface area (Å²) in [6.45, 7) is 1.81. The van der Waals surface area contributed by atoms with Crippen molar-refractivity contribution in [3.05, 3.63) is 10.1 Å². The highest BCUT2D eigenvalue weighted by Gasteiger charge is 2.25. The largest absolute Gasteiger partial charge is 0.493 e. The number of aromatic nitrogens is 3. The Labute approximate surface area is 80.5 Å². The molecule has 2 heterocycles. The summed E-state index contributed by atoms with van der Waals surface area (Å²) in [7, 11) is 1.67. The molecule has 2 rings (SSSR count). The third-order valence-electron chi connectivity index (χ3n) is 2.28. The lowest BCUT2D eigenvalue weighted by Gasteiger charge is -2.10. The van der Waals surface area contributed by atoms with Crippen LogP contribution in [-0.2, 0) is 7.05 Å². The minimum absolute atomic E-state index is 0.325. The van der Waals surface area contributed by atoms with E-state index in [-0.39, 0.29) is 5.95 Å². The summed E-state index contributed by atoms with van der Waals surface area (Å²) in [6, 6.07) is 0. The molecule has 14 heavy (non-hydrogen) atoms. The monoisotopic (exact) mass is 197 g/mol. The summed E-state index contributed by atoms with van der Waals surface area (Å²) >= 11 is 0. The van der Waals surface area contributed by atoms with E-state index in [4.69, 9.17) is 0 Å². The predicted molar refractivity (Wildman–Crippen MR) is 49.1 cm³/mol. The Morgan fingerprint density at radius 1 is 1.43 bits per heavy atom. The molecule has 0 aliphatic carbocycles. The quantitative estimate of drug-likeness (QED) is 0.504. The maximum absolute atomic E-state index is 10.4. The van der Waals surface area contributed by atoms with Gasteiger partial charge >= 0.3 is 11.9 Å². The molecular formula is C7H11N5O2. The SMILES string of the molecule is Cn1nc([N+](=O)[O-])nc1N1CCCC1. The van der Waals surface area contributed by atoms with E-state index in [9.17, 15) is 10.1 Å². The second-order valence-electron chi connectivity index (χ2n) is 3.29. The molecule has 0 N–H and O–H groups in total. The van der Waals surface area contributed by atoms with Crippen LogP contribution in [0.15, 0.2) is 0 Å². The lowest BCUT2D eigenvalue weighted by Crippen LogP contribution is -2.21. The Hall–Kier alpha value is -1.66. The van der Waals surface area contributed by atoms with E-state index in [2.05, 4.69) is 10.1 Å². The van der Waals surface area contributed by atoms with Gasteiger partial charge in [0, 0.05) is 25.2 Å². The molecule has 1 fully saturated rings. The maximum atomic E-state index is 10.4. The number of anilines is 1. The maximum Gasteiger partial charge on any atom is 0.493 e. The normalized spacial score (nSPS) is 16.2. The van der Waals surface area contributed by atoms with Crippen LogP contribution in [0.1, 0.15) is 12.8 Å². The van der Waals surface area contributed by atoms with Crippen molar-refractivity contribution in [2.75, 3.05) is 18.0 Å². The minimum atomic E-state index is -0.570. The lowest BCUT2D eigenvalue weighted by atomic mass is 10.4. The average Bonchev–Trinajstić information content (AvgIpc) is 2.71. The Bertz CT molecular complexity index is 355. The van der Waals surface area contributed by atoms with Gasteiger partial charge in [0.25, 0.3) is 0 Å². The highest BCUT2D eigenvalue weighted by molar-refractivity contribution is 5.34. The molecule has 7 heteroatoms. The molecule has 76 valence electrons. The Kier molecular flexibility index (Phi) is 2.06. The average molecular weight is 197 g/mol. The first kappa shape index (κ1) is 8.92. The number of rotatable bonds is 2. The van der Waals surface area contributed by atoms with Crippen LogP contribution in [0.25, 0.3) is 0 Å². The fourth-order valence-electron chi connectivity index (χ4n) is 1.63. The second kappa shape index (κ2) is 3.24. The third-order valence-corrected chi connectivity index (χ3v) is 2.28. The first-order chi connectivity index (χ1) is 6.68. The van der Waals surface area contributed by atoms with Crippen LogP contribution in [-0.4, -0.2) is 32.8 Å². The lowest BCUT2D eigenvalue weighted by molar-refractivity contribution is -0.394. The molecule has 0 unspecified atom stereocenters. The molecule has 0 spiro atoms. The highest BCUT2D eigenvalue weighted by atomic mass is 16.6. The molecule has 0 bridgehead atoms. The van der Waals surface area contributed by atoms with Crippen molar-refractivity contribution >= 4 is 11.9 Å². The van der Waals surface area contributed by atoms with Gasteiger partial charge in [-0.2, -0.15) is 4.68 Å². The van der Waals surface area contributed by atoms with Crippen LogP contribution in [0.4, 0.5) is 11.9 Å². The molecule has 0 aromatic carbocycles. The summed E-state index contributed by atoms with van der Waals surface area (Å²) in [6.07, 6.45) is 2.22. The van der Waals surface area contributed by atoms with Crippen LogP contribution in [0.2, 0.25) is 0 Å². The van der Waals surface area contributed by atoms with Gasteiger partial charge in [-0.1, -0.05) is 0 Å². The molecule has 0 radical (unpaired) electrons. The van der Waals surface area contributed by atoms with Crippen molar-refractivity contribution < 1.29 is 4.92 Å². The fourth-order valence-corrected chi connectivity index (χ4v) is 1.63. The molecular weight excluding hydrogens is 186 g/mol. The van der Waals surface area contributed by atoms with Crippen molar-refractivity contribution in [3.8, 4) is 0 Å². The van der Waals surface area contributed by atoms with E-state index in [1.807, 2.05) is 4.90 Å². The van der Waals surface area contributed by atoms with Gasteiger partial charge in [0.05, 0.1) is 0 Å². The number of hydrogen-bond donors (Lipinski definition) is 0. The topological polar surface area (TPSA) is 77.1 Å². The number of aryl methyl sites for hydroxylation is 1. The van der Waals surface area contributed by atoms with Gasteiger partial charge in [0.2, 0.25) is 0 Å². The first-order valence-corrected chi connectivity index (χ1v) is 4.49. The van der Waals surface area contributed by atoms with Crippen LogP contribution in [0.5, 0.6) is 0 Å². The van der Waals surface area contributed by atoms with Gasteiger partial charge in [-0.3, -0.25) is 0 Å². The van der Waals surface area contributed by atoms with E-state index in [0.717, 1.165) is 25.9 Å². The van der Waals surface area contributed by atoms with E-state index >= 15 is 0 Å². The van der Waals surface area contributed by atoms with Crippen LogP contribution in [0.3, 0.4) is 0 Å². The van der Waals surface area contributed by atoms with Crippen LogP contribution in [0, 0.1) is 10.1 Å². The smallest absolute Gasteiger partial charge is 0.390 e. The third kappa shape index (κ3) is 1.40. The molecule has 0 saturated carbocycles. The van der Waals surface area contributed by atoms with Crippen molar-refractivity contribution in [3.63, 3.8) is 0 Å². The van der Waals surface area contributed by atoms with E-state index in [0.29, 0.717) is 5.95 Å². The number of hydrogen-bond acceptors (Lipinski definition) is 5. The van der Waals surface area contributed by atoms with Crippen molar-refractivity contribution in [2.24, 2.45) is 7.05 Å². The summed E-state index contributed by atoms with van der Waals surface area (Å²) < 4.78 is 1.46. The minimum Gasteiger partial charge on any atom is -0.390 e. The van der Waals surface area contributed by atoms with E-state index in [1.54, 1.807) is 7.05 Å². The Balaban J connectivity index is 2.28. The Morgan fingerprint density at radius 3 is 2.57 bits per heavy atom. The fraction of sp³-hybridized carbons (Fsp3) is 0.714. The zero-order valence-corrected chi connectivity index (χ0v) is 7.88. The van der Waals surface area contributed by atoms with Crippen LogP contribution >= 0.6 is 0 Å². The molecule has 1 aliphatic heterocycles. The van der Waals surface area contributed by atoms with Crippen LogP contribution < -0.4 is 4.90 Å². The molecule has 1 aliphatic rings. The second-order valence-corrected chi connectivity index (χ2v) is 3.29. The Morgan fingerprint density at radius 2 is 2.07 bits per heavy atom. The number of nitro groups is 1. The summed E-state index contributed by atoms with van der Waals surface area (Å²) in [5.74, 6) is 0.267. The molecule has 7 nitrogen and oxygen atoms in total. The molecule has 0 atom stereocenters. The molecule has 1 aromatic rings. The number of nitrogens with zero attached hydrogens (tertiary/aromatic N) is 5. The zero-order chi connectivity index (χ0) is 10.1. The van der Waals surface area contributed by atoms with E-state index in [1.165, 1.54) is 4.68 Å². The van der Waals surface area contributed by atoms with Gasteiger partial charge in [-0.15, -0.1) is 0 Å². The van der Waals surface area contributed by atoms with Crippen molar-refractivity contribution in [2.45, 2.75) is 12.8 Å². The standard InChI is InChI=1S/C7H11N5O2/c1-10-7(11-4-2-3-5-11)8-6(9-10)12(13)14/h2-5H2,1H3. The molecule has 1 aromatic heterocycles. The highest BCUT2D eigenvalue weighted by Crippen LogP contribution is 2.19. The molecule has 0 amide bonds. The summed E-state index contributed by atoms with van der Waals surface area (Å²) in [5, 5.41) is 14.1. The molecule has 1 saturated heterocycles. The predicted octanol–water partition coefficient (Wildman–Crippen LogP) is 0.323. The summed E-state index contributed by atoms with van der Waals surface area (Å²) in [4.78, 5) is 15.7. The zero-order valence-electron chi connectivity index (χ0n) is 7.88. The van der Waals surface area contributed by atoms with Crippen molar-refractivity contribution in [1.29, 1.82) is 0 Å². The van der Waals surface area contributed by atoms with Gasteiger partial charge < -0.3 is 15.0 Å². The van der Waals surface area contributed by atoms with Gasteiger partial charge in [-0.05, 0) is 22.7 Å². The first-order valence-electron chi connectivity index (χ1n) is 4.49. The van der Waals surface area contributed by atoms with Gasteiger partial charge in [0.1, 0.15) is 0 Å². The van der Waals surface area contributed by atoms with Gasteiger partial charge in [-0.25, -0.2) is 0 Å². The van der Waals surface area contributed by atoms with E-state index < -0.39 is 4.92 Å². The van der Waals surface area contributed by atoms with Gasteiger partial charge in [0.15, 0.2) is 0 Å².